The Morgan fingerprint density at radius 1 is 1.24 bits per heavy atom. The van der Waals surface area contributed by atoms with Crippen LogP contribution in [0.15, 0.2) is 57.2 Å². The molecule has 4 rings (SSSR count). The maximum Gasteiger partial charge on any atom is 0.251 e. The third kappa shape index (κ3) is 4.92. The first-order valence-electron chi connectivity index (χ1n) is 10.3. The zero-order valence-electron chi connectivity index (χ0n) is 17.9. The number of sulfonamides is 1. The molecular weight excluding hydrogens is 481 g/mol. The fourth-order valence-corrected chi connectivity index (χ4v) is 6.85. The van der Waals surface area contributed by atoms with E-state index in [1.54, 1.807) is 11.8 Å². The minimum absolute atomic E-state index is 0.0450. The van der Waals surface area contributed by atoms with Gasteiger partial charge in [-0.3, -0.25) is 4.79 Å². The largest absolute Gasteiger partial charge is 0.305 e. The van der Waals surface area contributed by atoms with Crippen molar-refractivity contribution in [3.63, 3.8) is 0 Å². The van der Waals surface area contributed by atoms with Crippen molar-refractivity contribution in [2.24, 2.45) is 10.9 Å². The summed E-state index contributed by atoms with van der Waals surface area (Å²) >= 11 is 3.06. The van der Waals surface area contributed by atoms with Gasteiger partial charge in [-0.05, 0) is 61.6 Å². The first-order chi connectivity index (χ1) is 15.8. The molecule has 1 saturated heterocycles. The summed E-state index contributed by atoms with van der Waals surface area (Å²) in [5.41, 5.74) is 0.933. The highest BCUT2D eigenvalue weighted by atomic mass is 32.2. The number of aromatic nitrogens is 1. The van der Waals surface area contributed by atoms with Gasteiger partial charge in [0.2, 0.25) is 10.0 Å². The predicted molar refractivity (Wildman–Crippen MR) is 129 cm³/mol. The van der Waals surface area contributed by atoms with Crippen molar-refractivity contribution in [1.82, 2.24) is 8.87 Å². The van der Waals surface area contributed by atoms with Crippen molar-refractivity contribution >= 4 is 49.2 Å². The number of thiazole rings is 1. The Bertz CT molecular complexity index is 1390. The van der Waals surface area contributed by atoms with Gasteiger partial charge in [0.1, 0.15) is 5.82 Å². The van der Waals surface area contributed by atoms with E-state index in [4.69, 9.17) is 6.42 Å². The fourth-order valence-electron chi connectivity index (χ4n) is 3.79. The number of rotatable bonds is 5. The molecule has 1 aromatic heterocycles. The normalized spacial score (nSPS) is 16.2. The van der Waals surface area contributed by atoms with Gasteiger partial charge in [-0.2, -0.15) is 9.30 Å². The number of halogens is 1. The summed E-state index contributed by atoms with van der Waals surface area (Å²) in [5, 5.41) is 0. The van der Waals surface area contributed by atoms with E-state index in [9.17, 15) is 17.6 Å². The summed E-state index contributed by atoms with van der Waals surface area (Å²) in [5.74, 6) is 1.50. The van der Waals surface area contributed by atoms with Crippen molar-refractivity contribution in [1.29, 1.82) is 0 Å². The van der Waals surface area contributed by atoms with Gasteiger partial charge in [-0.15, -0.1) is 18.2 Å². The number of carbonyl (C=O) groups is 1. The van der Waals surface area contributed by atoms with E-state index < -0.39 is 15.8 Å². The van der Waals surface area contributed by atoms with E-state index in [1.807, 2.05) is 23.0 Å². The summed E-state index contributed by atoms with van der Waals surface area (Å²) in [4.78, 5) is 19.0. The second-order valence-corrected chi connectivity index (χ2v) is 11.4. The Hall–Kier alpha value is -2.45. The fraction of sp³-hybridized carbons (Fsp3) is 0.304. The van der Waals surface area contributed by atoms with Crippen molar-refractivity contribution in [3.8, 4) is 12.3 Å². The van der Waals surface area contributed by atoms with Gasteiger partial charge in [0, 0.05) is 23.9 Å². The molecule has 2 heterocycles. The van der Waals surface area contributed by atoms with Crippen LogP contribution in [0, 0.1) is 24.1 Å². The molecule has 0 radical (unpaired) electrons. The number of nitrogens with zero attached hydrogens (tertiary/aromatic N) is 3. The molecule has 0 aliphatic carbocycles. The third-order valence-electron chi connectivity index (χ3n) is 5.60. The molecule has 10 heteroatoms. The molecule has 0 saturated carbocycles. The molecule has 1 aliphatic rings. The lowest BCUT2D eigenvalue weighted by atomic mass is 9.98. The molecule has 0 spiro atoms. The molecule has 0 unspecified atom stereocenters. The molecule has 1 fully saturated rings. The molecule has 1 amide bonds. The Kier molecular flexibility index (Phi) is 7.05. The van der Waals surface area contributed by atoms with E-state index in [0.717, 1.165) is 27.2 Å². The molecule has 33 heavy (non-hydrogen) atoms. The van der Waals surface area contributed by atoms with E-state index >= 15 is 0 Å². The number of hydrogen-bond acceptors (Lipinski definition) is 5. The van der Waals surface area contributed by atoms with Crippen LogP contribution >= 0.6 is 23.1 Å². The van der Waals surface area contributed by atoms with Gasteiger partial charge in [-0.25, -0.2) is 12.8 Å². The zero-order valence-corrected chi connectivity index (χ0v) is 20.4. The van der Waals surface area contributed by atoms with Crippen LogP contribution in [0.2, 0.25) is 0 Å². The highest BCUT2D eigenvalue weighted by Gasteiger charge is 2.32. The molecule has 0 N–H and O–H groups in total. The topological polar surface area (TPSA) is 71.7 Å². The van der Waals surface area contributed by atoms with Gasteiger partial charge < -0.3 is 4.57 Å². The SMILES string of the molecule is C#CCn1c(=NC(=O)C2CCN(S(=O)(=O)c3ccc(F)cc3)CC2)sc2cc(SC)ccc21. The third-order valence-corrected chi connectivity index (χ3v) is 9.28. The van der Waals surface area contributed by atoms with Crippen LogP contribution in [-0.2, 0) is 21.4 Å². The molecule has 3 aromatic rings. The smallest absolute Gasteiger partial charge is 0.251 e. The van der Waals surface area contributed by atoms with Gasteiger partial charge >= 0.3 is 0 Å². The molecule has 172 valence electrons. The highest BCUT2D eigenvalue weighted by Crippen LogP contribution is 2.26. The van der Waals surface area contributed by atoms with Gasteiger partial charge in [0.25, 0.3) is 5.91 Å². The van der Waals surface area contributed by atoms with Crippen LogP contribution in [0.25, 0.3) is 10.2 Å². The zero-order chi connectivity index (χ0) is 23.6. The molecule has 0 bridgehead atoms. The summed E-state index contributed by atoms with van der Waals surface area (Å²) in [7, 11) is -3.73. The van der Waals surface area contributed by atoms with Crippen molar-refractivity contribution in [2.45, 2.75) is 29.2 Å². The molecule has 0 atom stereocenters. The molecule has 2 aromatic carbocycles. The summed E-state index contributed by atoms with van der Waals surface area (Å²) in [6.45, 7) is 0.720. The number of terminal acetylenes is 1. The average molecular weight is 504 g/mol. The van der Waals surface area contributed by atoms with E-state index in [0.29, 0.717) is 24.2 Å². The van der Waals surface area contributed by atoms with Gasteiger partial charge in [0.15, 0.2) is 4.80 Å². The van der Waals surface area contributed by atoms with Crippen LogP contribution in [-0.4, -0.2) is 42.5 Å². The summed E-state index contributed by atoms with van der Waals surface area (Å²) < 4.78 is 43.0. The molecule has 6 nitrogen and oxygen atoms in total. The predicted octanol–water partition coefficient (Wildman–Crippen LogP) is 3.73. The van der Waals surface area contributed by atoms with E-state index in [-0.39, 0.29) is 29.8 Å². The number of piperidine rings is 1. The second kappa shape index (κ2) is 9.81. The molecular formula is C23H22FN3O3S3. The standard InChI is InChI=1S/C23H22FN3O3S3/c1-3-12-27-20-9-6-18(31-2)15-21(20)32-23(27)25-22(28)16-10-13-26(14-11-16)33(29,30)19-7-4-17(24)5-8-19/h1,4-9,15-16H,10-14H2,2H3. The molecule has 1 aliphatic heterocycles. The Labute approximate surface area is 200 Å². The number of fused-ring (bicyclic) bond motifs is 1. The first kappa shape index (κ1) is 23.7. The van der Waals surface area contributed by atoms with Gasteiger partial charge in [-0.1, -0.05) is 17.3 Å². The maximum atomic E-state index is 13.1. The summed E-state index contributed by atoms with van der Waals surface area (Å²) in [6.07, 6.45) is 8.29. The number of benzene rings is 2. The van der Waals surface area contributed by atoms with Crippen LogP contribution in [0.4, 0.5) is 4.39 Å². The second-order valence-electron chi connectivity index (χ2n) is 7.59. The number of thioether (sulfide) groups is 1. The lowest BCUT2D eigenvalue weighted by molar-refractivity contribution is -0.122. The summed E-state index contributed by atoms with van der Waals surface area (Å²) in [6, 6.07) is 10.8. The monoisotopic (exact) mass is 503 g/mol. The first-order valence-corrected chi connectivity index (χ1v) is 13.8. The minimum Gasteiger partial charge on any atom is -0.305 e. The van der Waals surface area contributed by atoms with Crippen LogP contribution in [0.3, 0.4) is 0 Å². The Morgan fingerprint density at radius 2 is 1.94 bits per heavy atom. The number of amides is 1. The Balaban J connectivity index is 1.53. The van der Waals surface area contributed by atoms with Crippen molar-refractivity contribution in [3.05, 3.63) is 53.1 Å². The minimum atomic E-state index is -3.73. The number of carbonyl (C=O) groups excluding carboxylic acids is 1. The van der Waals surface area contributed by atoms with Crippen LogP contribution in [0.1, 0.15) is 12.8 Å². The quantitative estimate of drug-likeness (QED) is 0.393. The highest BCUT2D eigenvalue weighted by molar-refractivity contribution is 7.98. The van der Waals surface area contributed by atoms with Crippen molar-refractivity contribution < 1.29 is 17.6 Å². The van der Waals surface area contributed by atoms with Crippen LogP contribution in [0.5, 0.6) is 0 Å². The van der Waals surface area contributed by atoms with Gasteiger partial charge in [0.05, 0.1) is 21.7 Å². The van der Waals surface area contributed by atoms with E-state index in [1.165, 1.54) is 27.8 Å². The number of hydrogen-bond donors (Lipinski definition) is 0. The van der Waals surface area contributed by atoms with Crippen molar-refractivity contribution in [2.75, 3.05) is 19.3 Å². The lowest BCUT2D eigenvalue weighted by Gasteiger charge is -2.29. The lowest BCUT2D eigenvalue weighted by Crippen LogP contribution is -2.40. The maximum absolute atomic E-state index is 13.1. The van der Waals surface area contributed by atoms with Crippen LogP contribution < -0.4 is 4.80 Å². The van der Waals surface area contributed by atoms with E-state index in [2.05, 4.69) is 17.0 Å². The average Bonchev–Trinajstić information content (AvgIpc) is 3.15. The Morgan fingerprint density at radius 3 is 2.58 bits per heavy atom.